The van der Waals surface area contributed by atoms with Crippen LogP contribution in [-0.4, -0.2) is 22.1 Å². The number of ether oxygens (including phenoxy) is 2. The molecule has 7 nitrogen and oxygen atoms in total. The number of anilines is 1. The topological polar surface area (TPSA) is 95.2 Å². The Bertz CT molecular complexity index is 576. The van der Waals surface area contributed by atoms with Gasteiger partial charge < -0.3 is 9.47 Å². The summed E-state index contributed by atoms with van der Waals surface area (Å²) in [6, 6.07) is 4.09. The highest BCUT2D eigenvalue weighted by molar-refractivity contribution is 9.10. The molecule has 2 aromatic rings. The quantitative estimate of drug-likeness (QED) is 0.652. The van der Waals surface area contributed by atoms with Crippen molar-refractivity contribution in [2.45, 2.75) is 0 Å². The van der Waals surface area contributed by atoms with Crippen LogP contribution in [0.2, 0.25) is 0 Å². The van der Waals surface area contributed by atoms with E-state index in [4.69, 9.17) is 15.3 Å². The Labute approximate surface area is 116 Å². The van der Waals surface area contributed by atoms with Gasteiger partial charge in [-0.2, -0.15) is 9.97 Å². The number of hydrogen-bond donors (Lipinski definition) is 2. The van der Waals surface area contributed by atoms with Crippen molar-refractivity contribution in [1.82, 2.24) is 15.0 Å². The van der Waals surface area contributed by atoms with Crippen molar-refractivity contribution in [2.24, 2.45) is 5.84 Å². The van der Waals surface area contributed by atoms with Gasteiger partial charge >= 0.3 is 12.0 Å². The summed E-state index contributed by atoms with van der Waals surface area (Å²) in [5.74, 6) is 4.65. The number of hydrazine groups is 1. The zero-order chi connectivity index (χ0) is 13.8. The summed E-state index contributed by atoms with van der Waals surface area (Å²) in [5, 5.41) is 0. The number of nitrogen functional groups attached to an aromatic ring is 1. The monoisotopic (exact) mass is 329 g/mol. The average Bonchev–Trinajstić information content (AvgIpc) is 2.42. The number of aromatic nitrogens is 3. The third-order valence-corrected chi connectivity index (χ3v) is 2.49. The molecule has 19 heavy (non-hydrogen) atoms. The molecule has 0 atom stereocenters. The predicted octanol–water partition coefficient (Wildman–Crippen LogP) is 1.86. The maximum absolute atomic E-state index is 13.5. The number of nitrogens with zero attached hydrogens (tertiary/aromatic N) is 3. The van der Waals surface area contributed by atoms with Crippen LogP contribution in [-0.2, 0) is 0 Å². The first kappa shape index (κ1) is 13.4. The first-order chi connectivity index (χ1) is 9.12. The normalized spacial score (nSPS) is 10.1. The Morgan fingerprint density at radius 1 is 1.26 bits per heavy atom. The highest BCUT2D eigenvalue weighted by Gasteiger charge is 2.11. The summed E-state index contributed by atoms with van der Waals surface area (Å²) < 4.78 is 24.3. The van der Waals surface area contributed by atoms with E-state index in [1.807, 2.05) is 0 Å². The highest BCUT2D eigenvalue weighted by atomic mass is 79.9. The molecule has 0 spiro atoms. The van der Waals surface area contributed by atoms with Gasteiger partial charge in [-0.1, -0.05) is 15.9 Å². The van der Waals surface area contributed by atoms with Gasteiger partial charge in [-0.05, 0) is 18.2 Å². The van der Waals surface area contributed by atoms with Crippen LogP contribution in [0.4, 0.5) is 10.3 Å². The van der Waals surface area contributed by atoms with E-state index >= 15 is 0 Å². The van der Waals surface area contributed by atoms with Crippen molar-refractivity contribution in [3.8, 4) is 17.8 Å². The first-order valence-corrected chi connectivity index (χ1v) is 5.81. The van der Waals surface area contributed by atoms with Gasteiger partial charge in [0.1, 0.15) is 0 Å². The third kappa shape index (κ3) is 3.26. The predicted molar refractivity (Wildman–Crippen MR) is 68.4 cm³/mol. The van der Waals surface area contributed by atoms with E-state index in [-0.39, 0.29) is 23.7 Å². The Balaban J connectivity index is 2.34. The molecule has 0 aliphatic carbocycles. The Morgan fingerprint density at radius 3 is 2.68 bits per heavy atom. The standard InChI is InChI=1S/C10H9BrFN5O2/c1-18-9-14-8(17-13)15-10(16-9)19-7-4-5(11)2-3-6(7)12/h2-4H,13H2,1H3,(H,14,15,16,17). The summed E-state index contributed by atoms with van der Waals surface area (Å²) >= 11 is 3.21. The van der Waals surface area contributed by atoms with Gasteiger partial charge in [-0.15, -0.1) is 4.98 Å². The van der Waals surface area contributed by atoms with Gasteiger partial charge in [0.2, 0.25) is 5.95 Å². The molecular formula is C10H9BrFN5O2. The Hall–Kier alpha value is -2.00. The number of methoxy groups -OCH3 is 1. The van der Waals surface area contributed by atoms with E-state index in [9.17, 15) is 4.39 Å². The fraction of sp³-hybridized carbons (Fsp3) is 0.100. The molecule has 0 unspecified atom stereocenters. The van der Waals surface area contributed by atoms with E-state index in [0.717, 1.165) is 0 Å². The fourth-order valence-electron chi connectivity index (χ4n) is 1.19. The van der Waals surface area contributed by atoms with Gasteiger partial charge in [0.25, 0.3) is 0 Å². The van der Waals surface area contributed by atoms with Crippen LogP contribution >= 0.6 is 15.9 Å². The lowest BCUT2D eigenvalue weighted by Gasteiger charge is -2.07. The molecule has 0 saturated carbocycles. The van der Waals surface area contributed by atoms with Crippen LogP contribution in [0.25, 0.3) is 0 Å². The lowest BCUT2D eigenvalue weighted by molar-refractivity contribution is 0.355. The van der Waals surface area contributed by atoms with E-state index < -0.39 is 5.82 Å². The van der Waals surface area contributed by atoms with Crippen molar-refractivity contribution >= 4 is 21.9 Å². The smallest absolute Gasteiger partial charge is 0.330 e. The molecule has 0 bridgehead atoms. The van der Waals surface area contributed by atoms with Crippen LogP contribution in [0, 0.1) is 5.82 Å². The van der Waals surface area contributed by atoms with Gasteiger partial charge in [-0.25, -0.2) is 10.2 Å². The summed E-state index contributed by atoms with van der Waals surface area (Å²) in [6.07, 6.45) is 0. The number of nitrogens with one attached hydrogen (secondary N) is 1. The van der Waals surface area contributed by atoms with Gasteiger partial charge in [-0.3, -0.25) is 5.43 Å². The molecule has 0 aliphatic rings. The van der Waals surface area contributed by atoms with Crippen molar-refractivity contribution in [3.63, 3.8) is 0 Å². The summed E-state index contributed by atoms with van der Waals surface area (Å²) in [5.41, 5.74) is 2.23. The second-order valence-corrected chi connectivity index (χ2v) is 4.17. The Morgan fingerprint density at radius 2 is 2.00 bits per heavy atom. The van der Waals surface area contributed by atoms with E-state index in [1.54, 1.807) is 6.07 Å². The van der Waals surface area contributed by atoms with Crippen LogP contribution in [0.5, 0.6) is 17.8 Å². The van der Waals surface area contributed by atoms with Gasteiger partial charge in [0.15, 0.2) is 11.6 Å². The minimum absolute atomic E-state index is 0.00615. The summed E-state index contributed by atoms with van der Waals surface area (Å²) in [6.45, 7) is 0. The zero-order valence-corrected chi connectivity index (χ0v) is 11.3. The molecule has 1 aromatic carbocycles. The minimum Gasteiger partial charge on any atom is -0.467 e. The molecule has 1 aromatic heterocycles. The zero-order valence-electron chi connectivity index (χ0n) is 9.72. The molecule has 9 heteroatoms. The molecule has 2 rings (SSSR count). The molecule has 1 heterocycles. The molecule has 0 aliphatic heterocycles. The lowest BCUT2D eigenvalue weighted by atomic mass is 10.3. The van der Waals surface area contributed by atoms with Crippen LogP contribution in [0.15, 0.2) is 22.7 Å². The number of benzene rings is 1. The lowest BCUT2D eigenvalue weighted by Crippen LogP contribution is -2.12. The number of nitrogens with two attached hydrogens (primary N) is 1. The van der Waals surface area contributed by atoms with Gasteiger partial charge in [0, 0.05) is 4.47 Å². The van der Waals surface area contributed by atoms with Crippen LogP contribution < -0.4 is 20.7 Å². The molecule has 0 fully saturated rings. The number of rotatable bonds is 4. The first-order valence-electron chi connectivity index (χ1n) is 5.02. The summed E-state index contributed by atoms with van der Waals surface area (Å²) in [7, 11) is 1.37. The van der Waals surface area contributed by atoms with E-state index in [2.05, 4.69) is 36.3 Å². The highest BCUT2D eigenvalue weighted by Crippen LogP contribution is 2.26. The molecule has 0 amide bonds. The third-order valence-electron chi connectivity index (χ3n) is 2.00. The average molecular weight is 330 g/mol. The van der Waals surface area contributed by atoms with Gasteiger partial charge in [0.05, 0.1) is 7.11 Å². The van der Waals surface area contributed by atoms with Crippen LogP contribution in [0.1, 0.15) is 0 Å². The van der Waals surface area contributed by atoms with Crippen molar-refractivity contribution in [3.05, 3.63) is 28.5 Å². The second kappa shape index (κ2) is 5.76. The van der Waals surface area contributed by atoms with E-state index in [1.165, 1.54) is 19.2 Å². The van der Waals surface area contributed by atoms with Crippen LogP contribution in [0.3, 0.4) is 0 Å². The van der Waals surface area contributed by atoms with Crippen molar-refractivity contribution < 1.29 is 13.9 Å². The molecule has 100 valence electrons. The molecule has 0 saturated heterocycles. The SMILES string of the molecule is COc1nc(NN)nc(Oc2cc(Br)ccc2F)n1. The fourth-order valence-corrected chi connectivity index (χ4v) is 1.53. The number of halogens is 2. The summed E-state index contributed by atoms with van der Waals surface area (Å²) in [4.78, 5) is 11.4. The molecule has 0 radical (unpaired) electrons. The maximum atomic E-state index is 13.5. The van der Waals surface area contributed by atoms with Crippen molar-refractivity contribution in [2.75, 3.05) is 12.5 Å². The van der Waals surface area contributed by atoms with Crippen molar-refractivity contribution in [1.29, 1.82) is 0 Å². The second-order valence-electron chi connectivity index (χ2n) is 3.25. The minimum atomic E-state index is -0.551. The molecular weight excluding hydrogens is 321 g/mol. The maximum Gasteiger partial charge on any atom is 0.330 e. The largest absolute Gasteiger partial charge is 0.467 e. The Kier molecular flexibility index (Phi) is 4.07. The number of hydrogen-bond acceptors (Lipinski definition) is 7. The van der Waals surface area contributed by atoms with E-state index in [0.29, 0.717) is 4.47 Å². The molecule has 3 N–H and O–H groups in total.